The Morgan fingerprint density at radius 1 is 1.00 bits per heavy atom. The van der Waals surface area contributed by atoms with Gasteiger partial charge in [-0.2, -0.15) is 0 Å². The van der Waals surface area contributed by atoms with Crippen LogP contribution < -0.4 is 10.9 Å². The topological polar surface area (TPSA) is 88.4 Å². The highest BCUT2D eigenvalue weighted by Gasteiger charge is 2.16. The van der Waals surface area contributed by atoms with E-state index >= 15 is 0 Å². The number of amides is 1. The molecule has 0 aliphatic carbocycles. The highest BCUT2D eigenvalue weighted by Crippen LogP contribution is 2.26. The Morgan fingerprint density at radius 3 is 2.64 bits per heavy atom. The monoisotopic (exact) mass is 334 g/mol. The molecule has 0 atom stereocenters. The molecule has 1 aliphatic rings. The van der Waals surface area contributed by atoms with Crippen molar-refractivity contribution in [3.05, 3.63) is 70.0 Å². The molecule has 2 N–H and O–H groups in total. The Labute approximate surface area is 142 Å². The molecule has 0 fully saturated rings. The van der Waals surface area contributed by atoms with Crippen LogP contribution in [0.15, 0.2) is 53.3 Å². The zero-order valence-corrected chi connectivity index (χ0v) is 13.2. The number of carbonyl (C=O) groups excluding carboxylic acids is 1. The van der Waals surface area contributed by atoms with Crippen molar-refractivity contribution in [3.8, 4) is 5.69 Å². The summed E-state index contributed by atoms with van der Waals surface area (Å²) in [6.07, 6.45) is 1.04. The van der Waals surface area contributed by atoms with Gasteiger partial charge in [0, 0.05) is 23.9 Å². The number of fused-ring (bicyclic) bond motifs is 2. The average molecular weight is 334 g/mol. The van der Waals surface area contributed by atoms with Crippen LogP contribution in [0.4, 0.5) is 5.69 Å². The zero-order chi connectivity index (χ0) is 17.6. The van der Waals surface area contributed by atoms with Crippen LogP contribution in [0.2, 0.25) is 0 Å². The number of nitrogens with one attached hydrogen (secondary N) is 1. The van der Waals surface area contributed by atoms with Crippen LogP contribution in [0.5, 0.6) is 0 Å². The number of carbonyl (C=O) groups is 2. The fourth-order valence-electron chi connectivity index (χ4n) is 3.15. The second-order valence-electron chi connectivity index (χ2n) is 5.98. The molecule has 1 aliphatic heterocycles. The van der Waals surface area contributed by atoms with E-state index in [9.17, 15) is 14.4 Å². The zero-order valence-electron chi connectivity index (χ0n) is 13.2. The fraction of sp³-hybridized carbons (Fsp3) is 0.105. The number of nitrogens with zero attached hydrogens (tertiary/aromatic N) is 1. The number of aryl methyl sites for hydroxylation is 1. The molecule has 25 heavy (non-hydrogen) atoms. The number of pyridine rings is 1. The quantitative estimate of drug-likeness (QED) is 0.754. The van der Waals surface area contributed by atoms with E-state index in [1.54, 1.807) is 34.9 Å². The lowest BCUT2D eigenvalue weighted by Crippen LogP contribution is -2.21. The van der Waals surface area contributed by atoms with Crippen molar-refractivity contribution in [1.82, 2.24) is 4.57 Å². The Kier molecular flexibility index (Phi) is 3.39. The van der Waals surface area contributed by atoms with Crippen LogP contribution in [0.1, 0.15) is 22.3 Å². The molecule has 2 heterocycles. The lowest BCUT2D eigenvalue weighted by atomic mass is 10.0. The van der Waals surface area contributed by atoms with Gasteiger partial charge in [0.05, 0.1) is 11.1 Å². The van der Waals surface area contributed by atoms with Crippen molar-refractivity contribution >= 4 is 28.5 Å². The standard InChI is InChI=1S/C19H14N2O4/c22-17-7-2-11-10-14(4-5-15(11)20-17)21-16-6-1-13(19(24)25)9-12(16)3-8-18(21)23/h1,3-6,8-10H,2,7H2,(H,20,22)(H,24,25). The number of aromatic carboxylic acids is 1. The summed E-state index contributed by atoms with van der Waals surface area (Å²) >= 11 is 0. The van der Waals surface area contributed by atoms with Gasteiger partial charge < -0.3 is 10.4 Å². The number of carboxylic acid groups (broad SMARTS) is 1. The summed E-state index contributed by atoms with van der Waals surface area (Å²) in [6, 6.07) is 13.2. The molecule has 0 radical (unpaired) electrons. The first-order chi connectivity index (χ1) is 12.0. The van der Waals surface area contributed by atoms with Crippen LogP contribution >= 0.6 is 0 Å². The maximum atomic E-state index is 12.4. The Morgan fingerprint density at radius 2 is 1.84 bits per heavy atom. The first-order valence-electron chi connectivity index (χ1n) is 7.85. The minimum atomic E-state index is -1.01. The molecule has 124 valence electrons. The van der Waals surface area contributed by atoms with Gasteiger partial charge in [-0.1, -0.05) is 0 Å². The molecule has 1 amide bonds. The Bertz CT molecular complexity index is 1100. The van der Waals surface area contributed by atoms with E-state index in [4.69, 9.17) is 5.11 Å². The molecular weight excluding hydrogens is 320 g/mol. The molecule has 0 unspecified atom stereocenters. The van der Waals surface area contributed by atoms with E-state index < -0.39 is 5.97 Å². The number of benzene rings is 2. The number of rotatable bonds is 2. The van der Waals surface area contributed by atoms with E-state index in [0.29, 0.717) is 29.4 Å². The molecule has 0 spiro atoms. The number of hydrogen-bond acceptors (Lipinski definition) is 3. The van der Waals surface area contributed by atoms with Gasteiger partial charge in [-0.3, -0.25) is 14.2 Å². The van der Waals surface area contributed by atoms with Crippen molar-refractivity contribution in [3.63, 3.8) is 0 Å². The van der Waals surface area contributed by atoms with Crippen molar-refractivity contribution in [2.75, 3.05) is 5.32 Å². The van der Waals surface area contributed by atoms with Crippen molar-refractivity contribution in [2.24, 2.45) is 0 Å². The summed E-state index contributed by atoms with van der Waals surface area (Å²) in [7, 11) is 0. The number of aromatic nitrogens is 1. The van der Waals surface area contributed by atoms with Crippen LogP contribution in [-0.4, -0.2) is 21.6 Å². The molecule has 0 bridgehead atoms. The fourth-order valence-corrected chi connectivity index (χ4v) is 3.15. The molecule has 0 saturated heterocycles. The predicted molar refractivity (Wildman–Crippen MR) is 93.5 cm³/mol. The predicted octanol–water partition coefficient (Wildman–Crippen LogP) is 2.57. The van der Waals surface area contributed by atoms with Crippen molar-refractivity contribution in [1.29, 1.82) is 0 Å². The number of anilines is 1. The van der Waals surface area contributed by atoms with Crippen LogP contribution in [0.3, 0.4) is 0 Å². The molecule has 6 nitrogen and oxygen atoms in total. The first kappa shape index (κ1) is 15.1. The molecule has 2 aromatic carbocycles. The van der Waals surface area contributed by atoms with Crippen LogP contribution in [0, 0.1) is 0 Å². The van der Waals surface area contributed by atoms with E-state index in [1.165, 1.54) is 12.1 Å². The summed E-state index contributed by atoms with van der Waals surface area (Å²) in [5, 5.41) is 12.6. The molecule has 4 rings (SSSR count). The summed E-state index contributed by atoms with van der Waals surface area (Å²) in [5.41, 5.74) is 3.04. The second kappa shape index (κ2) is 5.59. The minimum absolute atomic E-state index is 0.0104. The minimum Gasteiger partial charge on any atom is -0.478 e. The van der Waals surface area contributed by atoms with E-state index in [2.05, 4.69) is 5.32 Å². The second-order valence-corrected chi connectivity index (χ2v) is 5.98. The normalized spacial score (nSPS) is 13.4. The third kappa shape index (κ3) is 2.57. The molecule has 1 aromatic heterocycles. The largest absolute Gasteiger partial charge is 0.478 e. The maximum Gasteiger partial charge on any atom is 0.335 e. The summed E-state index contributed by atoms with van der Waals surface area (Å²) < 4.78 is 1.55. The molecular formula is C19H14N2O4. The van der Waals surface area contributed by atoms with Gasteiger partial charge in [-0.15, -0.1) is 0 Å². The highest BCUT2D eigenvalue weighted by atomic mass is 16.4. The van der Waals surface area contributed by atoms with Crippen molar-refractivity contribution in [2.45, 2.75) is 12.8 Å². The summed E-state index contributed by atoms with van der Waals surface area (Å²) in [4.78, 5) is 35.1. The smallest absolute Gasteiger partial charge is 0.335 e. The lowest BCUT2D eigenvalue weighted by molar-refractivity contribution is -0.116. The van der Waals surface area contributed by atoms with Crippen molar-refractivity contribution < 1.29 is 14.7 Å². The van der Waals surface area contributed by atoms with Gasteiger partial charge in [0.1, 0.15) is 0 Å². The van der Waals surface area contributed by atoms with Gasteiger partial charge in [-0.25, -0.2) is 4.79 Å². The Balaban J connectivity index is 1.92. The number of hydrogen-bond donors (Lipinski definition) is 2. The highest BCUT2D eigenvalue weighted by molar-refractivity contribution is 5.95. The average Bonchev–Trinajstić information content (AvgIpc) is 2.61. The molecule has 0 saturated carbocycles. The summed E-state index contributed by atoms with van der Waals surface area (Å²) in [5.74, 6) is -1.02. The summed E-state index contributed by atoms with van der Waals surface area (Å²) in [6.45, 7) is 0. The van der Waals surface area contributed by atoms with Gasteiger partial charge in [0.25, 0.3) is 5.56 Å². The third-order valence-electron chi connectivity index (χ3n) is 4.38. The maximum absolute atomic E-state index is 12.4. The van der Waals surface area contributed by atoms with Crippen LogP contribution in [0.25, 0.3) is 16.6 Å². The SMILES string of the molecule is O=C1CCc2cc(-n3c(=O)ccc4cc(C(=O)O)ccc43)ccc2N1. The van der Waals surface area contributed by atoms with Gasteiger partial charge in [-0.05, 0) is 59.8 Å². The third-order valence-corrected chi connectivity index (χ3v) is 4.38. The van der Waals surface area contributed by atoms with Crippen LogP contribution in [-0.2, 0) is 11.2 Å². The lowest BCUT2D eigenvalue weighted by Gasteiger charge is -2.19. The Hall–Kier alpha value is -3.41. The van der Waals surface area contributed by atoms with E-state index in [1.807, 2.05) is 6.07 Å². The number of carboxylic acids is 1. The van der Waals surface area contributed by atoms with E-state index in [0.717, 1.165) is 11.3 Å². The first-order valence-corrected chi connectivity index (χ1v) is 7.85. The van der Waals surface area contributed by atoms with E-state index in [-0.39, 0.29) is 17.0 Å². The molecule has 3 aromatic rings. The van der Waals surface area contributed by atoms with Gasteiger partial charge >= 0.3 is 5.97 Å². The van der Waals surface area contributed by atoms with Gasteiger partial charge in [0.15, 0.2) is 0 Å². The molecule has 6 heteroatoms. The van der Waals surface area contributed by atoms with Gasteiger partial charge in [0.2, 0.25) is 5.91 Å².